The number of unbranched alkanes of at least 4 members (excludes halogenated alkanes) is 29. The minimum Gasteiger partial charge on any atom is -0.462 e. The van der Waals surface area contributed by atoms with E-state index in [-0.39, 0.29) is 25.7 Å². The van der Waals surface area contributed by atoms with Crippen LogP contribution in [0.2, 0.25) is 0 Å². The molecule has 19 heteroatoms. The molecule has 0 radical (unpaired) electrons. The van der Waals surface area contributed by atoms with E-state index in [0.717, 1.165) is 120 Å². The van der Waals surface area contributed by atoms with Crippen molar-refractivity contribution >= 4 is 39.5 Å². The van der Waals surface area contributed by atoms with E-state index in [1.807, 2.05) is 0 Å². The fourth-order valence-electron chi connectivity index (χ4n) is 10.1. The topological polar surface area (TPSA) is 237 Å². The van der Waals surface area contributed by atoms with Gasteiger partial charge in [0.15, 0.2) is 12.2 Å². The van der Waals surface area contributed by atoms with Crippen molar-refractivity contribution in [2.75, 3.05) is 39.6 Å². The summed E-state index contributed by atoms with van der Waals surface area (Å²) in [6.07, 6.45) is 38.9. The van der Waals surface area contributed by atoms with Gasteiger partial charge in [-0.2, -0.15) is 0 Å². The van der Waals surface area contributed by atoms with E-state index in [1.165, 1.54) is 128 Å². The Labute approximate surface area is 530 Å². The molecule has 0 aromatic carbocycles. The molecule has 0 heterocycles. The molecule has 0 saturated carbocycles. The van der Waals surface area contributed by atoms with Crippen LogP contribution in [0.4, 0.5) is 0 Å². The third-order valence-electron chi connectivity index (χ3n) is 16.3. The standard InChI is InChI=1S/C68H132O17P2/c1-9-60(7)46-38-30-22-17-19-23-32-40-48-65(70)78-54-63(85-68(73)51-43-35-25-18-16-21-29-37-45-59(5)6)56-82-86(74,75)80-52-62(69)53-81-87(76,77)83-57-64(55-79-66(71)49-41-33-27-26-31-39-47-61(8)10-2)84-67(72)50-42-34-24-15-13-11-12-14-20-28-36-44-58(3)4/h58-64,69H,9-57H2,1-8H3,(H,74,75)(H,76,77)/t60?,61?,62-,63-,64-/m1/s1. The first-order chi connectivity index (χ1) is 41.7. The highest BCUT2D eigenvalue weighted by Crippen LogP contribution is 2.45. The van der Waals surface area contributed by atoms with E-state index in [4.69, 9.17) is 37.0 Å². The second-order valence-electron chi connectivity index (χ2n) is 26.0. The number of esters is 4. The molecule has 0 aliphatic rings. The molecule has 7 atom stereocenters. The predicted molar refractivity (Wildman–Crippen MR) is 349 cm³/mol. The van der Waals surface area contributed by atoms with Gasteiger partial charge in [0.05, 0.1) is 26.4 Å². The van der Waals surface area contributed by atoms with Crippen LogP contribution in [-0.4, -0.2) is 96.7 Å². The summed E-state index contributed by atoms with van der Waals surface area (Å²) in [6.45, 7) is 14.1. The van der Waals surface area contributed by atoms with Crippen LogP contribution in [0.25, 0.3) is 0 Å². The number of carbonyl (C=O) groups excluding carboxylic acids is 4. The van der Waals surface area contributed by atoms with Crippen molar-refractivity contribution in [2.45, 2.75) is 350 Å². The number of hydrogen-bond donors (Lipinski definition) is 3. The zero-order valence-electron chi connectivity index (χ0n) is 56.6. The lowest BCUT2D eigenvalue weighted by Gasteiger charge is -2.21. The van der Waals surface area contributed by atoms with Gasteiger partial charge >= 0.3 is 39.5 Å². The van der Waals surface area contributed by atoms with Crippen LogP contribution < -0.4 is 0 Å². The van der Waals surface area contributed by atoms with Gasteiger partial charge in [0.25, 0.3) is 0 Å². The molecule has 0 bridgehead atoms. The highest BCUT2D eigenvalue weighted by Gasteiger charge is 2.30. The number of carbonyl (C=O) groups is 4. The Morgan fingerprint density at radius 3 is 0.816 bits per heavy atom. The van der Waals surface area contributed by atoms with Gasteiger partial charge < -0.3 is 33.8 Å². The van der Waals surface area contributed by atoms with Crippen LogP contribution in [0.1, 0.15) is 331 Å². The molecule has 0 fully saturated rings. The van der Waals surface area contributed by atoms with E-state index < -0.39 is 97.5 Å². The maximum absolute atomic E-state index is 13.0. The molecule has 0 spiro atoms. The predicted octanol–water partition coefficient (Wildman–Crippen LogP) is 18.9. The van der Waals surface area contributed by atoms with Gasteiger partial charge in [0.1, 0.15) is 19.3 Å². The van der Waals surface area contributed by atoms with Crippen molar-refractivity contribution in [3.8, 4) is 0 Å². The second kappa shape index (κ2) is 57.9. The maximum atomic E-state index is 13.0. The quantitative estimate of drug-likeness (QED) is 0.0222. The molecule has 0 aliphatic heterocycles. The largest absolute Gasteiger partial charge is 0.472 e. The Hall–Kier alpha value is -1.94. The number of rotatable bonds is 65. The van der Waals surface area contributed by atoms with E-state index in [1.54, 1.807) is 0 Å². The molecule has 0 rings (SSSR count). The summed E-state index contributed by atoms with van der Waals surface area (Å²) in [4.78, 5) is 72.4. The normalized spacial score (nSPS) is 15.0. The molecular formula is C68H132O17P2. The van der Waals surface area contributed by atoms with Crippen molar-refractivity contribution in [3.63, 3.8) is 0 Å². The number of phosphoric ester groups is 2. The fourth-order valence-corrected chi connectivity index (χ4v) is 11.7. The molecular weight excluding hydrogens is 1150 g/mol. The van der Waals surface area contributed by atoms with Gasteiger partial charge in [0, 0.05) is 25.7 Å². The monoisotopic (exact) mass is 1280 g/mol. The van der Waals surface area contributed by atoms with Crippen LogP contribution in [-0.2, 0) is 65.4 Å². The van der Waals surface area contributed by atoms with E-state index >= 15 is 0 Å². The molecule has 516 valence electrons. The van der Waals surface area contributed by atoms with Gasteiger partial charge in [-0.3, -0.25) is 37.3 Å². The summed E-state index contributed by atoms with van der Waals surface area (Å²) < 4.78 is 68.2. The minimum atomic E-state index is -4.95. The molecule has 0 aromatic heterocycles. The Morgan fingerprint density at radius 2 is 0.552 bits per heavy atom. The average molecular weight is 1280 g/mol. The van der Waals surface area contributed by atoms with Crippen LogP contribution in [0.3, 0.4) is 0 Å². The molecule has 87 heavy (non-hydrogen) atoms. The van der Waals surface area contributed by atoms with Gasteiger partial charge in [-0.15, -0.1) is 0 Å². The van der Waals surface area contributed by atoms with Gasteiger partial charge in [-0.25, -0.2) is 9.13 Å². The average Bonchev–Trinajstić information content (AvgIpc) is 3.69. The van der Waals surface area contributed by atoms with E-state index in [0.29, 0.717) is 25.7 Å². The first-order valence-corrected chi connectivity index (χ1v) is 38.3. The molecule has 0 saturated heterocycles. The van der Waals surface area contributed by atoms with Crippen molar-refractivity contribution in [1.82, 2.24) is 0 Å². The van der Waals surface area contributed by atoms with Crippen LogP contribution in [0, 0.1) is 23.7 Å². The summed E-state index contributed by atoms with van der Waals surface area (Å²) in [7, 11) is -9.90. The lowest BCUT2D eigenvalue weighted by atomic mass is 9.99. The number of aliphatic hydroxyl groups excluding tert-OH is 1. The third kappa shape index (κ3) is 60.1. The Kier molecular flexibility index (Phi) is 56.6. The van der Waals surface area contributed by atoms with Crippen molar-refractivity contribution < 1.29 is 80.2 Å². The van der Waals surface area contributed by atoms with Crippen molar-refractivity contribution in [1.29, 1.82) is 0 Å². The van der Waals surface area contributed by atoms with Gasteiger partial charge in [-0.1, -0.05) is 280 Å². The Balaban J connectivity index is 5.27. The number of phosphoric acid groups is 2. The minimum absolute atomic E-state index is 0.103. The van der Waals surface area contributed by atoms with Crippen molar-refractivity contribution in [3.05, 3.63) is 0 Å². The van der Waals surface area contributed by atoms with Gasteiger partial charge in [0.2, 0.25) is 0 Å². The number of ether oxygens (including phenoxy) is 4. The molecule has 4 unspecified atom stereocenters. The zero-order valence-corrected chi connectivity index (χ0v) is 58.4. The number of hydrogen-bond acceptors (Lipinski definition) is 15. The first-order valence-electron chi connectivity index (χ1n) is 35.3. The highest BCUT2D eigenvalue weighted by molar-refractivity contribution is 7.47. The first kappa shape index (κ1) is 85.1. The summed E-state index contributed by atoms with van der Waals surface area (Å²) in [6, 6.07) is 0. The summed E-state index contributed by atoms with van der Waals surface area (Å²) in [5, 5.41) is 10.6. The Bertz CT molecular complexity index is 1730. The lowest BCUT2D eigenvalue weighted by molar-refractivity contribution is -0.161. The summed E-state index contributed by atoms with van der Waals surface area (Å²) in [5.74, 6) is 0.857. The lowest BCUT2D eigenvalue weighted by Crippen LogP contribution is -2.30. The molecule has 0 aliphatic carbocycles. The molecule has 3 N–H and O–H groups in total. The molecule has 17 nitrogen and oxygen atoms in total. The van der Waals surface area contributed by atoms with Crippen LogP contribution in [0.15, 0.2) is 0 Å². The number of aliphatic hydroxyl groups is 1. The van der Waals surface area contributed by atoms with E-state index in [2.05, 4.69) is 55.4 Å². The van der Waals surface area contributed by atoms with Gasteiger partial charge in [-0.05, 0) is 49.4 Å². The molecule has 0 amide bonds. The van der Waals surface area contributed by atoms with E-state index in [9.17, 15) is 43.2 Å². The summed E-state index contributed by atoms with van der Waals surface area (Å²) in [5.41, 5.74) is 0. The Morgan fingerprint density at radius 1 is 0.322 bits per heavy atom. The van der Waals surface area contributed by atoms with Crippen LogP contribution in [0.5, 0.6) is 0 Å². The summed E-state index contributed by atoms with van der Waals surface area (Å²) >= 11 is 0. The fraction of sp³-hybridized carbons (Fsp3) is 0.941. The maximum Gasteiger partial charge on any atom is 0.472 e. The second-order valence-corrected chi connectivity index (χ2v) is 28.9. The molecule has 0 aromatic rings. The highest BCUT2D eigenvalue weighted by atomic mass is 31.2. The SMILES string of the molecule is CCC(C)CCCCCCCCCCC(=O)OC[C@H](COP(=O)(O)OC[C@@H](O)COP(=O)(O)OC[C@@H](COC(=O)CCCCCCCCC(C)CC)OC(=O)CCCCCCCCCCCCCC(C)C)OC(=O)CCCCCCCCCCC(C)C. The smallest absolute Gasteiger partial charge is 0.462 e. The van der Waals surface area contributed by atoms with Crippen LogP contribution >= 0.6 is 15.6 Å². The third-order valence-corrected chi connectivity index (χ3v) is 18.2. The van der Waals surface area contributed by atoms with Crippen molar-refractivity contribution in [2.24, 2.45) is 23.7 Å². The zero-order chi connectivity index (χ0) is 64.7.